The molecule has 2 rings (SSSR count). The van der Waals surface area contributed by atoms with E-state index in [0.29, 0.717) is 5.92 Å². The second-order valence-corrected chi connectivity index (χ2v) is 5.21. The van der Waals surface area contributed by atoms with Crippen molar-refractivity contribution in [2.24, 2.45) is 5.73 Å². The third-order valence-electron chi connectivity index (χ3n) is 4.00. The molecule has 0 aromatic heterocycles. The predicted molar refractivity (Wildman–Crippen MR) is 76.5 cm³/mol. The van der Waals surface area contributed by atoms with E-state index >= 15 is 0 Å². The number of nitrogens with two attached hydrogens (primary N) is 1. The zero-order chi connectivity index (χ0) is 13.0. The molecule has 1 aromatic carbocycles. The first-order chi connectivity index (χ1) is 8.72. The molecule has 3 N–H and O–H groups in total. The van der Waals surface area contributed by atoms with Crippen LogP contribution in [-0.2, 0) is 0 Å². The Morgan fingerprint density at radius 3 is 2.28 bits per heavy atom. The van der Waals surface area contributed by atoms with Crippen molar-refractivity contribution >= 4 is 0 Å². The fourth-order valence-corrected chi connectivity index (χ4v) is 2.43. The summed E-state index contributed by atoms with van der Waals surface area (Å²) in [5, 5.41) is 3.36. The van der Waals surface area contributed by atoms with E-state index in [-0.39, 0.29) is 6.17 Å². The molecule has 18 heavy (non-hydrogen) atoms. The lowest BCUT2D eigenvalue weighted by Gasteiger charge is -2.32. The lowest BCUT2D eigenvalue weighted by molar-refractivity contribution is 0.177. The molecule has 0 amide bonds. The Morgan fingerprint density at radius 2 is 1.72 bits per heavy atom. The van der Waals surface area contributed by atoms with Gasteiger partial charge in [0.2, 0.25) is 0 Å². The van der Waals surface area contributed by atoms with Crippen molar-refractivity contribution in [1.82, 2.24) is 10.2 Å². The van der Waals surface area contributed by atoms with Gasteiger partial charge in [-0.3, -0.25) is 4.90 Å². The summed E-state index contributed by atoms with van der Waals surface area (Å²) in [4.78, 5) is 2.34. The molecule has 2 atom stereocenters. The van der Waals surface area contributed by atoms with Gasteiger partial charge in [-0.2, -0.15) is 0 Å². The van der Waals surface area contributed by atoms with Crippen molar-refractivity contribution < 1.29 is 0 Å². The highest BCUT2D eigenvalue weighted by Crippen LogP contribution is 2.22. The molecular weight excluding hydrogens is 222 g/mol. The van der Waals surface area contributed by atoms with Gasteiger partial charge in [0.25, 0.3) is 0 Å². The maximum Gasteiger partial charge on any atom is 0.0836 e. The molecular formula is C15H25N3. The van der Waals surface area contributed by atoms with Crippen LogP contribution in [0.25, 0.3) is 0 Å². The maximum atomic E-state index is 6.33. The van der Waals surface area contributed by atoms with Crippen LogP contribution in [0.4, 0.5) is 0 Å². The first kappa shape index (κ1) is 13.5. The minimum absolute atomic E-state index is 0.0399. The van der Waals surface area contributed by atoms with Gasteiger partial charge in [0, 0.05) is 26.2 Å². The average molecular weight is 247 g/mol. The Kier molecular flexibility index (Phi) is 4.75. The topological polar surface area (TPSA) is 41.3 Å². The van der Waals surface area contributed by atoms with Gasteiger partial charge in [-0.05, 0) is 23.5 Å². The van der Waals surface area contributed by atoms with Crippen molar-refractivity contribution in [2.45, 2.75) is 32.4 Å². The molecule has 0 aliphatic carbocycles. The van der Waals surface area contributed by atoms with Gasteiger partial charge < -0.3 is 11.1 Å². The van der Waals surface area contributed by atoms with E-state index in [9.17, 15) is 0 Å². The normalized spacial score (nSPS) is 20.6. The minimum Gasteiger partial charge on any atom is -0.314 e. The van der Waals surface area contributed by atoms with Gasteiger partial charge in [0.05, 0.1) is 6.17 Å². The van der Waals surface area contributed by atoms with Crippen LogP contribution in [0.3, 0.4) is 0 Å². The molecule has 3 heteroatoms. The van der Waals surface area contributed by atoms with E-state index in [0.717, 1.165) is 26.2 Å². The van der Waals surface area contributed by atoms with Crippen LogP contribution in [0.15, 0.2) is 24.3 Å². The summed E-state index contributed by atoms with van der Waals surface area (Å²) in [6, 6.07) is 8.83. The van der Waals surface area contributed by atoms with E-state index in [4.69, 9.17) is 5.73 Å². The molecule has 1 aliphatic heterocycles. The lowest BCUT2D eigenvalue weighted by Crippen LogP contribution is -2.47. The summed E-state index contributed by atoms with van der Waals surface area (Å²) in [5.74, 6) is 0.634. The number of nitrogens with zero attached hydrogens (tertiary/aromatic N) is 1. The summed E-state index contributed by atoms with van der Waals surface area (Å²) in [6.45, 7) is 8.65. The van der Waals surface area contributed by atoms with E-state index in [1.54, 1.807) is 0 Å². The molecule has 3 nitrogen and oxygen atoms in total. The largest absolute Gasteiger partial charge is 0.314 e. The third kappa shape index (κ3) is 3.10. The van der Waals surface area contributed by atoms with Crippen LogP contribution in [0.1, 0.15) is 43.5 Å². The number of hydrogen-bond acceptors (Lipinski definition) is 3. The highest BCUT2D eigenvalue weighted by atomic mass is 15.3. The van der Waals surface area contributed by atoms with E-state index in [1.165, 1.54) is 17.5 Å². The summed E-state index contributed by atoms with van der Waals surface area (Å²) >= 11 is 0. The Balaban J connectivity index is 2.03. The van der Waals surface area contributed by atoms with Gasteiger partial charge in [-0.25, -0.2) is 0 Å². The molecule has 0 radical (unpaired) electrons. The Bertz CT molecular complexity index is 355. The number of piperazine rings is 1. The van der Waals surface area contributed by atoms with Gasteiger partial charge in [-0.1, -0.05) is 38.1 Å². The Morgan fingerprint density at radius 1 is 1.17 bits per heavy atom. The standard InChI is InChI=1S/C15H25N3/c1-3-12(2)13-4-6-14(7-5-13)15(16)18-10-8-17-9-11-18/h4-7,12,15,17H,3,8-11,16H2,1-2H3. The van der Waals surface area contributed by atoms with E-state index < -0.39 is 0 Å². The molecule has 2 unspecified atom stereocenters. The molecule has 1 fully saturated rings. The summed E-state index contributed by atoms with van der Waals surface area (Å²) in [6.07, 6.45) is 1.22. The SMILES string of the molecule is CCC(C)c1ccc(C(N)N2CCNCC2)cc1. The Labute approximate surface area is 110 Å². The second-order valence-electron chi connectivity index (χ2n) is 5.21. The second kappa shape index (κ2) is 6.32. The Hall–Kier alpha value is -0.900. The fraction of sp³-hybridized carbons (Fsp3) is 0.600. The molecule has 100 valence electrons. The van der Waals surface area contributed by atoms with Crippen molar-refractivity contribution in [3.63, 3.8) is 0 Å². The van der Waals surface area contributed by atoms with Gasteiger partial charge in [-0.15, -0.1) is 0 Å². The number of nitrogens with one attached hydrogen (secondary N) is 1. The lowest BCUT2D eigenvalue weighted by atomic mass is 9.97. The highest BCUT2D eigenvalue weighted by molar-refractivity contribution is 5.26. The molecule has 1 aliphatic rings. The van der Waals surface area contributed by atoms with E-state index in [1.807, 2.05) is 0 Å². The monoisotopic (exact) mass is 247 g/mol. The quantitative estimate of drug-likeness (QED) is 0.856. The van der Waals surface area contributed by atoms with Gasteiger partial charge in [0.15, 0.2) is 0 Å². The zero-order valence-corrected chi connectivity index (χ0v) is 11.5. The molecule has 1 heterocycles. The van der Waals surface area contributed by atoms with Crippen LogP contribution in [0.5, 0.6) is 0 Å². The maximum absolute atomic E-state index is 6.33. The minimum atomic E-state index is 0.0399. The van der Waals surface area contributed by atoms with Crippen LogP contribution in [0.2, 0.25) is 0 Å². The van der Waals surface area contributed by atoms with Crippen LogP contribution < -0.4 is 11.1 Å². The number of hydrogen-bond donors (Lipinski definition) is 2. The van der Waals surface area contributed by atoms with Crippen LogP contribution in [-0.4, -0.2) is 31.1 Å². The molecule has 0 spiro atoms. The smallest absolute Gasteiger partial charge is 0.0836 e. The highest BCUT2D eigenvalue weighted by Gasteiger charge is 2.18. The third-order valence-corrected chi connectivity index (χ3v) is 4.00. The van der Waals surface area contributed by atoms with Crippen LogP contribution in [0, 0.1) is 0 Å². The number of rotatable bonds is 4. The first-order valence-corrected chi connectivity index (χ1v) is 7.02. The van der Waals surface area contributed by atoms with Crippen molar-refractivity contribution in [2.75, 3.05) is 26.2 Å². The van der Waals surface area contributed by atoms with Crippen molar-refractivity contribution in [3.8, 4) is 0 Å². The predicted octanol–water partition coefficient (Wildman–Crippen LogP) is 2.06. The summed E-state index contributed by atoms with van der Waals surface area (Å²) in [5.41, 5.74) is 8.96. The fourth-order valence-electron chi connectivity index (χ4n) is 2.43. The zero-order valence-electron chi connectivity index (χ0n) is 11.5. The summed E-state index contributed by atoms with van der Waals surface area (Å²) < 4.78 is 0. The van der Waals surface area contributed by atoms with E-state index in [2.05, 4.69) is 48.3 Å². The first-order valence-electron chi connectivity index (χ1n) is 7.02. The molecule has 1 aromatic rings. The van der Waals surface area contributed by atoms with Gasteiger partial charge >= 0.3 is 0 Å². The van der Waals surface area contributed by atoms with Crippen molar-refractivity contribution in [1.29, 1.82) is 0 Å². The molecule has 1 saturated heterocycles. The molecule has 0 saturated carbocycles. The number of benzene rings is 1. The molecule has 0 bridgehead atoms. The average Bonchev–Trinajstić information content (AvgIpc) is 2.47. The van der Waals surface area contributed by atoms with Crippen LogP contribution >= 0.6 is 0 Å². The summed E-state index contributed by atoms with van der Waals surface area (Å²) in [7, 11) is 0. The van der Waals surface area contributed by atoms with Crippen molar-refractivity contribution in [3.05, 3.63) is 35.4 Å². The van der Waals surface area contributed by atoms with Gasteiger partial charge in [0.1, 0.15) is 0 Å².